The fraction of sp³-hybridized carbons (Fsp3) is 0.562. The van der Waals surface area contributed by atoms with Crippen LogP contribution in [0.1, 0.15) is 36.9 Å². The van der Waals surface area contributed by atoms with Gasteiger partial charge in [0.1, 0.15) is 11.9 Å². The second-order valence-corrected chi connectivity index (χ2v) is 5.44. The Bertz CT molecular complexity index is 481. The van der Waals surface area contributed by atoms with Crippen LogP contribution < -0.4 is 5.32 Å². The van der Waals surface area contributed by atoms with Crippen molar-refractivity contribution in [3.05, 3.63) is 35.1 Å². The van der Waals surface area contributed by atoms with Crippen molar-refractivity contribution in [2.24, 2.45) is 5.92 Å². The van der Waals surface area contributed by atoms with E-state index in [4.69, 9.17) is 5.26 Å². The smallest absolute Gasteiger partial charge is 0.140 e. The van der Waals surface area contributed by atoms with Crippen LogP contribution in [0.2, 0.25) is 0 Å². The minimum absolute atomic E-state index is 0.147. The van der Waals surface area contributed by atoms with Gasteiger partial charge in [0.2, 0.25) is 0 Å². The van der Waals surface area contributed by atoms with Gasteiger partial charge in [-0.1, -0.05) is 13.0 Å². The highest BCUT2D eigenvalue weighted by Gasteiger charge is 2.34. The minimum Gasteiger partial charge on any atom is -0.319 e. The van der Waals surface area contributed by atoms with Crippen molar-refractivity contribution in [2.75, 3.05) is 26.7 Å². The standard InChI is InChI=1S/C16H22FN3/c1-3-7-20-8-6-13(11-19-2)16(20)12-4-5-15(17)14(9-12)10-18/h4-5,9,13,16,19H,3,6-8,11H2,1-2H3. The first-order valence-corrected chi connectivity index (χ1v) is 7.29. The highest BCUT2D eigenvalue weighted by atomic mass is 19.1. The maximum Gasteiger partial charge on any atom is 0.140 e. The summed E-state index contributed by atoms with van der Waals surface area (Å²) in [5, 5.41) is 12.3. The molecule has 0 amide bonds. The number of benzene rings is 1. The van der Waals surface area contributed by atoms with Gasteiger partial charge in [-0.2, -0.15) is 5.26 Å². The summed E-state index contributed by atoms with van der Waals surface area (Å²) in [7, 11) is 1.96. The van der Waals surface area contributed by atoms with Gasteiger partial charge in [-0.25, -0.2) is 4.39 Å². The molecule has 4 heteroatoms. The molecule has 1 fully saturated rings. The van der Waals surface area contributed by atoms with E-state index in [2.05, 4.69) is 17.1 Å². The number of nitrogens with one attached hydrogen (secondary N) is 1. The lowest BCUT2D eigenvalue weighted by molar-refractivity contribution is 0.227. The molecule has 1 aliphatic rings. The van der Waals surface area contributed by atoms with E-state index in [1.165, 1.54) is 6.07 Å². The number of halogens is 1. The van der Waals surface area contributed by atoms with Gasteiger partial charge in [0.15, 0.2) is 0 Å². The van der Waals surface area contributed by atoms with Gasteiger partial charge in [0.25, 0.3) is 0 Å². The summed E-state index contributed by atoms with van der Waals surface area (Å²) in [6, 6.07) is 7.20. The highest BCUT2D eigenvalue weighted by molar-refractivity contribution is 5.36. The topological polar surface area (TPSA) is 39.1 Å². The SMILES string of the molecule is CCCN1CCC(CNC)C1c1ccc(F)c(C#N)c1. The fourth-order valence-corrected chi connectivity index (χ4v) is 3.24. The Morgan fingerprint density at radius 3 is 2.95 bits per heavy atom. The summed E-state index contributed by atoms with van der Waals surface area (Å²) in [4.78, 5) is 2.45. The number of hydrogen-bond donors (Lipinski definition) is 1. The molecule has 1 aliphatic heterocycles. The van der Waals surface area contributed by atoms with Crippen molar-refractivity contribution in [3.63, 3.8) is 0 Å². The third-order valence-corrected chi connectivity index (χ3v) is 4.06. The molecule has 0 aliphatic carbocycles. The van der Waals surface area contributed by atoms with E-state index in [-0.39, 0.29) is 11.6 Å². The lowest BCUT2D eigenvalue weighted by Gasteiger charge is -2.28. The molecule has 1 saturated heterocycles. The molecular weight excluding hydrogens is 253 g/mol. The Morgan fingerprint density at radius 2 is 2.30 bits per heavy atom. The minimum atomic E-state index is -0.429. The van der Waals surface area contributed by atoms with Crippen LogP contribution in [0.4, 0.5) is 4.39 Å². The molecular formula is C16H22FN3. The van der Waals surface area contributed by atoms with Crippen LogP contribution in [-0.2, 0) is 0 Å². The molecule has 0 radical (unpaired) electrons. The first-order valence-electron chi connectivity index (χ1n) is 7.29. The van der Waals surface area contributed by atoms with Gasteiger partial charge < -0.3 is 5.32 Å². The second kappa shape index (κ2) is 6.83. The highest BCUT2D eigenvalue weighted by Crippen LogP contribution is 2.37. The molecule has 3 nitrogen and oxygen atoms in total. The molecule has 2 unspecified atom stereocenters. The molecule has 108 valence electrons. The summed E-state index contributed by atoms with van der Waals surface area (Å²) in [5.41, 5.74) is 1.21. The van der Waals surface area contributed by atoms with Crippen LogP contribution in [0.3, 0.4) is 0 Å². The molecule has 0 bridgehead atoms. The van der Waals surface area contributed by atoms with E-state index in [9.17, 15) is 4.39 Å². The van der Waals surface area contributed by atoms with Crippen LogP contribution in [0.5, 0.6) is 0 Å². The van der Waals surface area contributed by atoms with Crippen molar-refractivity contribution in [3.8, 4) is 6.07 Å². The van der Waals surface area contributed by atoms with E-state index < -0.39 is 5.82 Å². The zero-order valence-corrected chi connectivity index (χ0v) is 12.2. The number of nitrogens with zero attached hydrogens (tertiary/aromatic N) is 2. The van der Waals surface area contributed by atoms with E-state index in [1.807, 2.05) is 19.2 Å². The van der Waals surface area contributed by atoms with Crippen molar-refractivity contribution in [2.45, 2.75) is 25.8 Å². The Balaban J connectivity index is 2.31. The lowest BCUT2D eigenvalue weighted by Crippen LogP contribution is -2.29. The zero-order valence-electron chi connectivity index (χ0n) is 12.2. The summed E-state index contributed by atoms with van der Waals surface area (Å²) >= 11 is 0. The second-order valence-electron chi connectivity index (χ2n) is 5.44. The van der Waals surface area contributed by atoms with Crippen molar-refractivity contribution < 1.29 is 4.39 Å². The van der Waals surface area contributed by atoms with Gasteiger partial charge >= 0.3 is 0 Å². The van der Waals surface area contributed by atoms with Crippen LogP contribution in [0, 0.1) is 23.1 Å². The predicted molar refractivity (Wildman–Crippen MR) is 77.8 cm³/mol. The largest absolute Gasteiger partial charge is 0.319 e. The van der Waals surface area contributed by atoms with Gasteiger partial charge in [-0.15, -0.1) is 0 Å². The Labute approximate surface area is 120 Å². The third kappa shape index (κ3) is 3.00. The normalized spacial score (nSPS) is 22.9. The molecule has 2 rings (SSSR count). The first-order chi connectivity index (χ1) is 9.71. The number of likely N-dealkylation sites (tertiary alicyclic amines) is 1. The summed E-state index contributed by atoms with van der Waals surface area (Å²) in [5.74, 6) is 0.0880. The molecule has 0 aromatic heterocycles. The maximum absolute atomic E-state index is 13.5. The average molecular weight is 275 g/mol. The first kappa shape index (κ1) is 15.0. The monoisotopic (exact) mass is 275 g/mol. The van der Waals surface area contributed by atoms with Crippen molar-refractivity contribution >= 4 is 0 Å². The number of hydrogen-bond acceptors (Lipinski definition) is 3. The van der Waals surface area contributed by atoms with E-state index in [1.54, 1.807) is 6.07 Å². The Kier molecular flexibility index (Phi) is 5.11. The fourth-order valence-electron chi connectivity index (χ4n) is 3.24. The molecule has 1 heterocycles. The van der Waals surface area contributed by atoms with Gasteiger partial charge in [-0.05, 0) is 63.1 Å². The Morgan fingerprint density at radius 1 is 1.50 bits per heavy atom. The Hall–Kier alpha value is -1.44. The molecule has 2 atom stereocenters. The van der Waals surface area contributed by atoms with E-state index in [0.29, 0.717) is 5.92 Å². The lowest BCUT2D eigenvalue weighted by atomic mass is 9.92. The van der Waals surface area contributed by atoms with E-state index in [0.717, 1.165) is 38.0 Å². The van der Waals surface area contributed by atoms with Crippen molar-refractivity contribution in [1.29, 1.82) is 5.26 Å². The molecule has 1 N–H and O–H groups in total. The molecule has 1 aromatic rings. The maximum atomic E-state index is 13.5. The van der Waals surface area contributed by atoms with Crippen molar-refractivity contribution in [1.82, 2.24) is 10.2 Å². The molecule has 20 heavy (non-hydrogen) atoms. The van der Waals surface area contributed by atoms with E-state index >= 15 is 0 Å². The van der Waals surface area contributed by atoms with Gasteiger partial charge in [0, 0.05) is 6.04 Å². The molecule has 1 aromatic carbocycles. The summed E-state index contributed by atoms with van der Waals surface area (Å²) in [6.07, 6.45) is 2.25. The number of nitriles is 1. The van der Waals surface area contributed by atoms with Crippen LogP contribution in [0.25, 0.3) is 0 Å². The van der Waals surface area contributed by atoms with Crippen LogP contribution >= 0.6 is 0 Å². The summed E-state index contributed by atoms with van der Waals surface area (Å²) < 4.78 is 13.5. The third-order valence-electron chi connectivity index (χ3n) is 4.06. The predicted octanol–water partition coefficient (Wildman–Crippen LogP) is 2.69. The summed E-state index contributed by atoms with van der Waals surface area (Å²) in [6.45, 7) is 5.24. The van der Waals surface area contributed by atoms with Gasteiger partial charge in [0.05, 0.1) is 5.56 Å². The quantitative estimate of drug-likeness (QED) is 0.898. The molecule has 0 saturated carbocycles. The number of rotatable bonds is 5. The van der Waals surface area contributed by atoms with Crippen LogP contribution in [-0.4, -0.2) is 31.6 Å². The average Bonchev–Trinajstić information content (AvgIpc) is 2.83. The molecule has 0 spiro atoms. The van der Waals surface area contributed by atoms with Crippen LogP contribution in [0.15, 0.2) is 18.2 Å². The zero-order chi connectivity index (χ0) is 14.5. The van der Waals surface area contributed by atoms with Gasteiger partial charge in [-0.3, -0.25) is 4.90 Å².